The largest absolute Gasteiger partial charge is 0.476 e. The Labute approximate surface area is 132 Å². The van der Waals surface area contributed by atoms with Gasteiger partial charge in [0.1, 0.15) is 10.8 Å². The first-order valence-electron chi connectivity index (χ1n) is 6.09. The van der Waals surface area contributed by atoms with Gasteiger partial charge in [-0.05, 0) is 20.0 Å². The molecule has 0 radical (unpaired) electrons. The minimum absolute atomic E-state index is 0.0359. The lowest BCUT2D eigenvalue weighted by Crippen LogP contribution is -2.27. The third kappa shape index (κ3) is 2.96. The van der Waals surface area contributed by atoms with E-state index in [1.807, 2.05) is 0 Å². The van der Waals surface area contributed by atoms with E-state index in [4.69, 9.17) is 32.7 Å². The molecule has 0 aliphatic carbocycles. The smallest absolute Gasteiger partial charge is 0.347 e. The molecule has 1 aromatic rings. The first-order valence-corrected chi connectivity index (χ1v) is 8.33. The molecule has 6 nitrogen and oxygen atoms in total. The van der Waals surface area contributed by atoms with E-state index in [9.17, 15) is 13.2 Å². The SMILES string of the molecule is CCOC(=O)C1Cc2c(S(=O)(=O)NC)cc(Cl)c(Cl)c2O1. The predicted molar refractivity (Wildman–Crippen MR) is 77.5 cm³/mol. The maximum Gasteiger partial charge on any atom is 0.347 e. The summed E-state index contributed by atoms with van der Waals surface area (Å²) < 4.78 is 36.6. The van der Waals surface area contributed by atoms with E-state index >= 15 is 0 Å². The van der Waals surface area contributed by atoms with E-state index in [1.165, 1.54) is 13.1 Å². The molecule has 0 aromatic heterocycles. The van der Waals surface area contributed by atoms with Crippen molar-refractivity contribution in [1.29, 1.82) is 0 Å². The van der Waals surface area contributed by atoms with Crippen molar-refractivity contribution in [3.05, 3.63) is 21.7 Å². The number of ether oxygens (including phenoxy) is 2. The third-order valence-electron chi connectivity index (χ3n) is 3.00. The number of carbonyl (C=O) groups excluding carboxylic acids is 1. The van der Waals surface area contributed by atoms with Gasteiger partial charge in [-0.3, -0.25) is 0 Å². The highest BCUT2D eigenvalue weighted by Gasteiger charge is 2.37. The normalized spacial score (nSPS) is 17.2. The van der Waals surface area contributed by atoms with Crippen molar-refractivity contribution in [2.45, 2.75) is 24.3 Å². The van der Waals surface area contributed by atoms with Gasteiger partial charge in [0.05, 0.1) is 16.5 Å². The summed E-state index contributed by atoms with van der Waals surface area (Å²) in [5.41, 5.74) is 0.316. The molecule has 1 heterocycles. The highest BCUT2D eigenvalue weighted by Crippen LogP contribution is 2.44. The average molecular weight is 354 g/mol. The van der Waals surface area contributed by atoms with Gasteiger partial charge in [-0.15, -0.1) is 0 Å². The molecule has 0 saturated carbocycles. The molecule has 2 rings (SSSR count). The zero-order valence-electron chi connectivity index (χ0n) is 11.3. The van der Waals surface area contributed by atoms with Crippen LogP contribution in [0.1, 0.15) is 12.5 Å². The Balaban J connectivity index is 2.51. The number of halogens is 2. The first kappa shape index (κ1) is 16.4. The molecule has 21 heavy (non-hydrogen) atoms. The van der Waals surface area contributed by atoms with Crippen molar-refractivity contribution >= 4 is 39.2 Å². The molecule has 0 spiro atoms. The Kier molecular flexibility index (Phi) is 4.67. The second kappa shape index (κ2) is 6.00. The molecule has 9 heteroatoms. The minimum atomic E-state index is -3.75. The van der Waals surface area contributed by atoms with Crippen LogP contribution in [0.15, 0.2) is 11.0 Å². The third-order valence-corrected chi connectivity index (χ3v) is 5.25. The lowest BCUT2D eigenvalue weighted by atomic mass is 10.1. The van der Waals surface area contributed by atoms with Crippen LogP contribution in [-0.2, 0) is 26.0 Å². The first-order chi connectivity index (χ1) is 9.81. The van der Waals surface area contributed by atoms with Crippen molar-refractivity contribution in [3.8, 4) is 5.75 Å². The summed E-state index contributed by atoms with van der Waals surface area (Å²) >= 11 is 12.0. The highest BCUT2D eigenvalue weighted by molar-refractivity contribution is 7.89. The fraction of sp³-hybridized carbons (Fsp3) is 0.417. The maximum absolute atomic E-state index is 12.0. The lowest BCUT2D eigenvalue weighted by molar-refractivity contribution is -0.150. The Bertz CT molecular complexity index is 689. The van der Waals surface area contributed by atoms with E-state index in [-0.39, 0.29) is 33.7 Å². The number of benzene rings is 1. The van der Waals surface area contributed by atoms with Crippen molar-refractivity contribution in [1.82, 2.24) is 4.72 Å². The summed E-state index contributed by atoms with van der Waals surface area (Å²) in [5, 5.41) is 0.113. The molecule has 116 valence electrons. The second-order valence-corrected chi connectivity index (χ2v) is 6.89. The summed E-state index contributed by atoms with van der Waals surface area (Å²) in [6, 6.07) is 1.24. The van der Waals surface area contributed by atoms with Crippen molar-refractivity contribution in [3.63, 3.8) is 0 Å². The number of hydrogen-bond acceptors (Lipinski definition) is 5. The van der Waals surface area contributed by atoms with Gasteiger partial charge in [0.2, 0.25) is 10.0 Å². The van der Waals surface area contributed by atoms with E-state index in [2.05, 4.69) is 4.72 Å². The molecule has 1 atom stereocenters. The molecule has 1 N–H and O–H groups in total. The van der Waals surface area contributed by atoms with E-state index in [0.29, 0.717) is 5.56 Å². The summed E-state index contributed by atoms with van der Waals surface area (Å²) in [6.45, 7) is 1.87. The van der Waals surface area contributed by atoms with Crippen molar-refractivity contribution in [2.75, 3.05) is 13.7 Å². The van der Waals surface area contributed by atoms with Crippen molar-refractivity contribution < 1.29 is 22.7 Å². The van der Waals surface area contributed by atoms with Crippen LogP contribution >= 0.6 is 23.2 Å². The number of nitrogens with one attached hydrogen (secondary N) is 1. The summed E-state index contributed by atoms with van der Waals surface area (Å²) in [5.74, 6) is -0.468. The number of hydrogen-bond donors (Lipinski definition) is 1. The Morgan fingerprint density at radius 3 is 2.76 bits per heavy atom. The van der Waals surface area contributed by atoms with E-state index in [0.717, 1.165) is 0 Å². The molecular formula is C12H13Cl2NO5S. The fourth-order valence-corrected chi connectivity index (χ4v) is 3.49. The lowest BCUT2D eigenvalue weighted by Gasteiger charge is -2.10. The van der Waals surface area contributed by atoms with Crippen LogP contribution in [0, 0.1) is 0 Å². The Morgan fingerprint density at radius 2 is 2.19 bits per heavy atom. The van der Waals surface area contributed by atoms with Gasteiger partial charge in [-0.2, -0.15) is 0 Å². The predicted octanol–water partition coefficient (Wildman–Crippen LogP) is 1.77. The monoisotopic (exact) mass is 353 g/mol. The average Bonchev–Trinajstić information content (AvgIpc) is 2.88. The molecular weight excluding hydrogens is 341 g/mol. The van der Waals surface area contributed by atoms with Crippen LogP contribution in [0.5, 0.6) is 5.75 Å². The number of rotatable bonds is 4. The van der Waals surface area contributed by atoms with Gasteiger partial charge < -0.3 is 9.47 Å². The molecule has 0 bridgehead atoms. The number of sulfonamides is 1. The van der Waals surface area contributed by atoms with Gasteiger partial charge in [-0.25, -0.2) is 17.9 Å². The number of fused-ring (bicyclic) bond motifs is 1. The van der Waals surface area contributed by atoms with E-state index in [1.54, 1.807) is 6.92 Å². The van der Waals surface area contributed by atoms with Crippen LogP contribution in [-0.4, -0.2) is 34.1 Å². The quantitative estimate of drug-likeness (QED) is 0.834. The van der Waals surface area contributed by atoms with Gasteiger partial charge in [0, 0.05) is 12.0 Å². The molecule has 1 aliphatic rings. The van der Waals surface area contributed by atoms with Crippen molar-refractivity contribution in [2.24, 2.45) is 0 Å². The summed E-state index contributed by atoms with van der Waals surface area (Å²) in [4.78, 5) is 11.7. The zero-order valence-corrected chi connectivity index (χ0v) is 13.6. The fourth-order valence-electron chi connectivity index (χ4n) is 2.02. The highest BCUT2D eigenvalue weighted by atomic mass is 35.5. The zero-order chi connectivity index (χ0) is 15.8. The Hall–Kier alpha value is -1.02. The van der Waals surface area contributed by atoms with E-state index < -0.39 is 22.1 Å². The Morgan fingerprint density at radius 1 is 1.52 bits per heavy atom. The van der Waals surface area contributed by atoms with Gasteiger partial charge >= 0.3 is 5.97 Å². The number of esters is 1. The maximum atomic E-state index is 12.0. The van der Waals surface area contributed by atoms with Gasteiger partial charge in [0.15, 0.2) is 6.10 Å². The summed E-state index contributed by atoms with van der Waals surface area (Å²) in [7, 11) is -2.47. The molecule has 1 aliphatic heterocycles. The van der Waals surface area contributed by atoms with Crippen LogP contribution in [0.4, 0.5) is 0 Å². The minimum Gasteiger partial charge on any atom is -0.476 e. The molecule has 0 fully saturated rings. The second-order valence-electron chi connectivity index (χ2n) is 4.25. The van der Waals surface area contributed by atoms with Crippen LogP contribution in [0.2, 0.25) is 10.0 Å². The topological polar surface area (TPSA) is 81.7 Å². The summed E-state index contributed by atoms with van der Waals surface area (Å²) in [6.07, 6.45) is -0.872. The molecule has 1 unspecified atom stereocenters. The number of carbonyl (C=O) groups is 1. The molecule has 0 saturated heterocycles. The molecule has 0 amide bonds. The standard InChI is InChI=1S/C12H13Cl2NO5S/c1-3-19-12(16)8-4-6-9(21(17,18)15-2)5-7(13)10(14)11(6)20-8/h5,8,15H,3-4H2,1-2H3. The molecule has 1 aromatic carbocycles. The van der Waals surface area contributed by atoms with Gasteiger partial charge in [0.25, 0.3) is 0 Å². The van der Waals surface area contributed by atoms with Crippen LogP contribution < -0.4 is 9.46 Å². The van der Waals surface area contributed by atoms with Crippen LogP contribution in [0.25, 0.3) is 0 Å². The van der Waals surface area contributed by atoms with Crippen LogP contribution in [0.3, 0.4) is 0 Å². The van der Waals surface area contributed by atoms with Gasteiger partial charge in [-0.1, -0.05) is 23.2 Å².